The topological polar surface area (TPSA) is 121 Å². The maximum atomic E-state index is 12.3. The molecule has 3 N–H and O–H groups in total. The highest BCUT2D eigenvalue weighted by molar-refractivity contribution is 5.99. The highest BCUT2D eigenvalue weighted by Crippen LogP contribution is 2.27. The Hall–Kier alpha value is -2.87. The minimum Gasteiger partial charge on any atom is -0.449 e. The van der Waals surface area contributed by atoms with Crippen molar-refractivity contribution in [3.8, 4) is 0 Å². The maximum Gasteiger partial charge on any atom is 0.375 e. The first-order valence-corrected chi connectivity index (χ1v) is 7.33. The van der Waals surface area contributed by atoms with E-state index in [1.165, 1.54) is 6.92 Å². The number of carbonyl (C=O) groups is 3. The molecule has 0 aliphatic rings. The van der Waals surface area contributed by atoms with Gasteiger partial charge in [0.25, 0.3) is 5.91 Å². The van der Waals surface area contributed by atoms with Crippen molar-refractivity contribution in [2.75, 3.05) is 6.61 Å². The average Bonchev–Trinajstić information content (AvgIpc) is 2.91. The number of benzene rings is 1. The lowest BCUT2D eigenvalue weighted by Gasteiger charge is -2.11. The fraction of sp³-hybridized carbons (Fsp3) is 0.312. The first-order valence-electron chi connectivity index (χ1n) is 7.33. The standard InChI is InChI=1S/C16H18N2O6/c1-3-22-8-11-10-6-4-5-7-12(10)24-13(11)15(20)23-9(2)14(19)18-16(17)21/h4-7,9H,3,8H2,1-2H3,(H3,17,18,19,21)/t9-/m0/s1. The third-order valence-corrected chi connectivity index (χ3v) is 3.23. The number of hydrogen-bond acceptors (Lipinski definition) is 6. The van der Waals surface area contributed by atoms with E-state index in [0.717, 1.165) is 5.39 Å². The summed E-state index contributed by atoms with van der Waals surface area (Å²) in [4.78, 5) is 34.6. The van der Waals surface area contributed by atoms with Gasteiger partial charge in [-0.3, -0.25) is 10.1 Å². The molecule has 0 bridgehead atoms. The molecule has 1 heterocycles. The van der Waals surface area contributed by atoms with Crippen LogP contribution in [0, 0.1) is 0 Å². The van der Waals surface area contributed by atoms with Crippen molar-refractivity contribution >= 4 is 28.9 Å². The van der Waals surface area contributed by atoms with Crippen LogP contribution in [0.15, 0.2) is 28.7 Å². The van der Waals surface area contributed by atoms with Gasteiger partial charge in [0.2, 0.25) is 5.76 Å². The Labute approximate surface area is 137 Å². The summed E-state index contributed by atoms with van der Waals surface area (Å²) < 4.78 is 16.0. The molecule has 0 aliphatic heterocycles. The Morgan fingerprint density at radius 3 is 2.67 bits per heavy atom. The molecule has 3 amide bonds. The van der Waals surface area contributed by atoms with Crippen molar-refractivity contribution in [1.82, 2.24) is 5.32 Å². The SMILES string of the molecule is CCOCc1c(C(=O)O[C@@H](C)C(=O)NC(N)=O)oc2ccccc12. The molecule has 2 rings (SSSR count). The number of esters is 1. The van der Waals surface area contributed by atoms with Crippen molar-refractivity contribution in [3.05, 3.63) is 35.6 Å². The summed E-state index contributed by atoms with van der Waals surface area (Å²) in [6.07, 6.45) is -1.21. The maximum absolute atomic E-state index is 12.3. The quantitative estimate of drug-likeness (QED) is 0.776. The zero-order chi connectivity index (χ0) is 17.7. The van der Waals surface area contributed by atoms with E-state index in [1.54, 1.807) is 18.2 Å². The molecule has 1 atom stereocenters. The minimum atomic E-state index is -1.21. The lowest BCUT2D eigenvalue weighted by molar-refractivity contribution is -0.127. The van der Waals surface area contributed by atoms with Crippen LogP contribution < -0.4 is 11.1 Å². The molecule has 8 nitrogen and oxygen atoms in total. The number of nitrogens with one attached hydrogen (secondary N) is 1. The van der Waals surface area contributed by atoms with Gasteiger partial charge in [-0.1, -0.05) is 18.2 Å². The van der Waals surface area contributed by atoms with Crippen molar-refractivity contribution in [3.63, 3.8) is 0 Å². The number of nitrogens with two attached hydrogens (primary N) is 1. The molecule has 0 radical (unpaired) electrons. The highest BCUT2D eigenvalue weighted by Gasteiger charge is 2.26. The van der Waals surface area contributed by atoms with Crippen LogP contribution in [0.25, 0.3) is 11.0 Å². The van der Waals surface area contributed by atoms with Gasteiger partial charge in [-0.2, -0.15) is 0 Å². The van der Waals surface area contributed by atoms with E-state index in [0.29, 0.717) is 17.8 Å². The molecule has 0 spiro atoms. The number of ether oxygens (including phenoxy) is 2. The second kappa shape index (κ2) is 7.60. The number of amides is 3. The summed E-state index contributed by atoms with van der Waals surface area (Å²) >= 11 is 0. The van der Waals surface area contributed by atoms with Crippen LogP contribution in [0.1, 0.15) is 30.0 Å². The van der Waals surface area contributed by atoms with E-state index in [-0.39, 0.29) is 12.4 Å². The summed E-state index contributed by atoms with van der Waals surface area (Å²) in [5, 5.41) is 2.57. The fourth-order valence-electron chi connectivity index (χ4n) is 2.10. The third-order valence-electron chi connectivity index (χ3n) is 3.23. The molecule has 1 aromatic carbocycles. The van der Waals surface area contributed by atoms with Crippen molar-refractivity contribution in [2.24, 2.45) is 5.73 Å². The Morgan fingerprint density at radius 2 is 2.00 bits per heavy atom. The summed E-state index contributed by atoms with van der Waals surface area (Å²) in [5.74, 6) is -1.69. The van der Waals surface area contributed by atoms with Crippen molar-refractivity contribution < 1.29 is 28.3 Å². The Morgan fingerprint density at radius 1 is 1.29 bits per heavy atom. The van der Waals surface area contributed by atoms with Gasteiger partial charge in [-0.05, 0) is 19.9 Å². The number of carbonyl (C=O) groups excluding carboxylic acids is 3. The number of imide groups is 1. The third kappa shape index (κ3) is 3.90. The van der Waals surface area contributed by atoms with Gasteiger partial charge in [-0.25, -0.2) is 9.59 Å². The predicted molar refractivity (Wildman–Crippen MR) is 84.1 cm³/mol. The number of fused-ring (bicyclic) bond motifs is 1. The number of primary amides is 1. The Bertz CT molecular complexity index is 767. The number of furan rings is 1. The molecule has 2 aromatic rings. The predicted octanol–water partition coefficient (Wildman–Crippen LogP) is 1.71. The van der Waals surface area contributed by atoms with Gasteiger partial charge in [0.05, 0.1) is 6.61 Å². The fourth-order valence-corrected chi connectivity index (χ4v) is 2.10. The van der Waals surface area contributed by atoms with E-state index in [2.05, 4.69) is 0 Å². The van der Waals surface area contributed by atoms with E-state index >= 15 is 0 Å². The monoisotopic (exact) mass is 334 g/mol. The smallest absolute Gasteiger partial charge is 0.375 e. The molecule has 128 valence electrons. The van der Waals surface area contributed by atoms with Crippen LogP contribution in [0.4, 0.5) is 4.79 Å². The molecule has 8 heteroatoms. The minimum absolute atomic E-state index is 0.0385. The van der Waals surface area contributed by atoms with Crippen LogP contribution in [0.3, 0.4) is 0 Å². The second-order valence-electron chi connectivity index (χ2n) is 4.94. The number of rotatable bonds is 6. The van der Waals surface area contributed by atoms with Gasteiger partial charge >= 0.3 is 12.0 Å². The lowest BCUT2D eigenvalue weighted by Crippen LogP contribution is -2.42. The van der Waals surface area contributed by atoms with E-state index in [4.69, 9.17) is 19.6 Å². The average molecular weight is 334 g/mol. The van der Waals surface area contributed by atoms with Gasteiger partial charge in [0, 0.05) is 17.6 Å². The molecule has 0 aliphatic carbocycles. The van der Waals surface area contributed by atoms with E-state index in [9.17, 15) is 14.4 Å². The van der Waals surface area contributed by atoms with Crippen LogP contribution >= 0.6 is 0 Å². The van der Waals surface area contributed by atoms with E-state index < -0.39 is 24.0 Å². The summed E-state index contributed by atoms with van der Waals surface area (Å²) in [7, 11) is 0. The van der Waals surface area contributed by atoms with Crippen LogP contribution in [-0.2, 0) is 20.9 Å². The van der Waals surface area contributed by atoms with Crippen LogP contribution in [0.2, 0.25) is 0 Å². The normalized spacial score (nSPS) is 11.9. The molecule has 1 aromatic heterocycles. The second-order valence-corrected chi connectivity index (χ2v) is 4.94. The molecular formula is C16H18N2O6. The van der Waals surface area contributed by atoms with Crippen molar-refractivity contribution in [1.29, 1.82) is 0 Å². The van der Waals surface area contributed by atoms with Crippen molar-refractivity contribution in [2.45, 2.75) is 26.6 Å². The molecular weight excluding hydrogens is 316 g/mol. The van der Waals surface area contributed by atoms with Gasteiger partial charge in [0.15, 0.2) is 6.10 Å². The largest absolute Gasteiger partial charge is 0.449 e. The van der Waals surface area contributed by atoms with Gasteiger partial charge in [0.1, 0.15) is 5.58 Å². The van der Waals surface area contributed by atoms with Gasteiger partial charge < -0.3 is 19.6 Å². The molecule has 0 unspecified atom stereocenters. The Kier molecular flexibility index (Phi) is 5.54. The van der Waals surface area contributed by atoms with Gasteiger partial charge in [-0.15, -0.1) is 0 Å². The molecule has 24 heavy (non-hydrogen) atoms. The van der Waals surface area contributed by atoms with Crippen LogP contribution in [0.5, 0.6) is 0 Å². The molecule has 0 saturated carbocycles. The first-order chi connectivity index (χ1) is 11.4. The number of urea groups is 1. The number of para-hydroxylation sites is 1. The lowest BCUT2D eigenvalue weighted by atomic mass is 10.1. The van der Waals surface area contributed by atoms with Crippen LogP contribution in [-0.4, -0.2) is 30.6 Å². The van der Waals surface area contributed by atoms with E-state index in [1.807, 2.05) is 18.3 Å². The number of hydrogen-bond donors (Lipinski definition) is 2. The summed E-state index contributed by atoms with van der Waals surface area (Å²) in [6, 6.07) is 6.07. The zero-order valence-electron chi connectivity index (χ0n) is 13.3. The molecule has 0 saturated heterocycles. The Balaban J connectivity index is 2.25. The first kappa shape index (κ1) is 17.5. The zero-order valence-corrected chi connectivity index (χ0v) is 13.3. The summed E-state index contributed by atoms with van der Waals surface area (Å²) in [5.41, 5.74) is 5.91. The highest BCUT2D eigenvalue weighted by atomic mass is 16.6. The molecule has 0 fully saturated rings. The summed E-state index contributed by atoms with van der Waals surface area (Å²) in [6.45, 7) is 3.78.